The van der Waals surface area contributed by atoms with Gasteiger partial charge in [-0.05, 0) is 24.1 Å². The second kappa shape index (κ2) is 4.71. The molecule has 1 rings (SSSR count). The molecule has 18 heavy (non-hydrogen) atoms. The molecule has 0 unspecified atom stereocenters. The maximum Gasteiger partial charge on any atom is 0.434 e. The zero-order valence-electron chi connectivity index (χ0n) is 9.50. The maximum atomic E-state index is 12.7. The second-order valence-corrected chi connectivity index (χ2v) is 3.50. The van der Waals surface area contributed by atoms with Crippen molar-refractivity contribution in [3.63, 3.8) is 0 Å². The molecule has 1 aromatic rings. The average Bonchev–Trinajstić information content (AvgIpc) is 2.25. The Morgan fingerprint density at radius 2 is 2.00 bits per heavy atom. The summed E-state index contributed by atoms with van der Waals surface area (Å²) in [6.45, 7) is 2.62. The molecule has 0 aromatic carbocycles. The van der Waals surface area contributed by atoms with Crippen LogP contribution in [-0.2, 0) is 12.6 Å². The highest BCUT2D eigenvalue weighted by molar-refractivity contribution is 5.92. The molecule has 5 nitrogen and oxygen atoms in total. The minimum atomic E-state index is -4.90. The second-order valence-electron chi connectivity index (χ2n) is 3.50. The number of hydrogen-bond donors (Lipinski definition) is 1. The third-order valence-corrected chi connectivity index (χ3v) is 2.37. The summed E-state index contributed by atoms with van der Waals surface area (Å²) in [6.07, 6.45) is -4.96. The minimum absolute atomic E-state index is 0.0604. The zero-order valence-corrected chi connectivity index (χ0v) is 9.50. The molecule has 0 fully saturated rings. The van der Waals surface area contributed by atoms with Crippen LogP contribution in [0.5, 0.6) is 0 Å². The Labute approximate surface area is 99.6 Å². The fraction of sp³-hybridized carbons (Fsp3) is 0.400. The van der Waals surface area contributed by atoms with Crippen LogP contribution >= 0.6 is 0 Å². The van der Waals surface area contributed by atoms with E-state index in [2.05, 4.69) is 10.2 Å². The Balaban J connectivity index is 3.80. The fourth-order valence-corrected chi connectivity index (χ4v) is 1.66. The van der Waals surface area contributed by atoms with Crippen LogP contribution in [0.2, 0.25) is 0 Å². The van der Waals surface area contributed by atoms with Crippen molar-refractivity contribution in [2.75, 3.05) is 0 Å². The summed E-state index contributed by atoms with van der Waals surface area (Å²) < 4.78 is 38.1. The molecule has 0 atom stereocenters. The van der Waals surface area contributed by atoms with Gasteiger partial charge in [0, 0.05) is 0 Å². The first-order chi connectivity index (χ1) is 8.23. The average molecular weight is 262 g/mol. The van der Waals surface area contributed by atoms with Crippen molar-refractivity contribution >= 4 is 11.7 Å². The summed E-state index contributed by atoms with van der Waals surface area (Å²) in [5.41, 5.74) is -3.35. The van der Waals surface area contributed by atoms with Gasteiger partial charge in [0.05, 0.1) is 11.3 Å². The summed E-state index contributed by atoms with van der Waals surface area (Å²) in [4.78, 5) is 24.7. The summed E-state index contributed by atoms with van der Waals surface area (Å²) in [5, 5.41) is 11.4. The third kappa shape index (κ3) is 2.31. The number of carbonyl (C=O) groups is 1. The van der Waals surface area contributed by atoms with E-state index in [-0.39, 0.29) is 23.4 Å². The Morgan fingerprint density at radius 1 is 1.44 bits per heavy atom. The molecule has 0 aliphatic carbocycles. The number of carboxylic acids is 1. The topological polar surface area (TPSA) is 79.6 Å². The number of pyridine rings is 1. The molecule has 0 radical (unpaired) electrons. The highest BCUT2D eigenvalue weighted by atomic mass is 19.4. The number of rotatable bonds is 3. The molecule has 0 saturated heterocycles. The van der Waals surface area contributed by atoms with E-state index in [1.54, 1.807) is 0 Å². The first kappa shape index (κ1) is 14.1. The van der Waals surface area contributed by atoms with Crippen LogP contribution in [0.15, 0.2) is 5.18 Å². The van der Waals surface area contributed by atoms with E-state index in [1.807, 2.05) is 0 Å². The van der Waals surface area contributed by atoms with E-state index in [1.165, 1.54) is 13.8 Å². The molecule has 1 N–H and O–H groups in total. The lowest BCUT2D eigenvalue weighted by Gasteiger charge is -2.15. The van der Waals surface area contributed by atoms with Crippen molar-refractivity contribution < 1.29 is 23.1 Å². The summed E-state index contributed by atoms with van der Waals surface area (Å²) in [7, 11) is 0. The van der Waals surface area contributed by atoms with Crippen molar-refractivity contribution in [3.05, 3.63) is 27.4 Å². The summed E-state index contributed by atoms with van der Waals surface area (Å²) in [5.74, 6) is -1.78. The van der Waals surface area contributed by atoms with Crippen LogP contribution in [-0.4, -0.2) is 16.1 Å². The number of halogens is 3. The minimum Gasteiger partial charge on any atom is -0.478 e. The van der Waals surface area contributed by atoms with E-state index in [9.17, 15) is 22.9 Å². The molecule has 1 aromatic heterocycles. The van der Waals surface area contributed by atoms with Gasteiger partial charge in [-0.15, -0.1) is 4.91 Å². The van der Waals surface area contributed by atoms with E-state index < -0.39 is 23.4 Å². The van der Waals surface area contributed by atoms with E-state index >= 15 is 0 Å². The monoisotopic (exact) mass is 262 g/mol. The van der Waals surface area contributed by atoms with E-state index in [0.29, 0.717) is 0 Å². The van der Waals surface area contributed by atoms with Gasteiger partial charge in [-0.3, -0.25) is 0 Å². The molecule has 1 heterocycles. The van der Waals surface area contributed by atoms with Crippen molar-refractivity contribution in [1.82, 2.24) is 4.98 Å². The number of nitrogens with zero attached hydrogens (tertiary/aromatic N) is 2. The number of aryl methyl sites for hydroxylation is 1. The van der Waals surface area contributed by atoms with Crippen molar-refractivity contribution in [2.24, 2.45) is 5.18 Å². The molecule has 8 heteroatoms. The number of carboxylic acid groups (broad SMARTS) is 1. The van der Waals surface area contributed by atoms with E-state index in [0.717, 1.165) is 0 Å². The van der Waals surface area contributed by atoms with Gasteiger partial charge in [-0.2, -0.15) is 13.2 Å². The molecular formula is C10H9F3N2O3. The molecule has 0 spiro atoms. The van der Waals surface area contributed by atoms with Gasteiger partial charge in [-0.1, -0.05) is 6.92 Å². The van der Waals surface area contributed by atoms with Crippen LogP contribution in [0, 0.1) is 11.8 Å². The smallest absolute Gasteiger partial charge is 0.434 e. The van der Waals surface area contributed by atoms with Crippen LogP contribution in [0.1, 0.15) is 34.2 Å². The number of aromatic carboxylic acids is 1. The first-order valence-electron chi connectivity index (χ1n) is 4.91. The largest absolute Gasteiger partial charge is 0.478 e. The number of nitroso groups, excluding NO2 is 1. The molecule has 0 aliphatic heterocycles. The Hall–Kier alpha value is -1.99. The van der Waals surface area contributed by atoms with Crippen LogP contribution in [0.3, 0.4) is 0 Å². The van der Waals surface area contributed by atoms with Crippen molar-refractivity contribution in [3.8, 4) is 0 Å². The molecule has 98 valence electrons. The molecule has 0 bridgehead atoms. The van der Waals surface area contributed by atoms with Gasteiger partial charge in [0.2, 0.25) is 0 Å². The molecule has 0 saturated carbocycles. The number of alkyl halides is 3. The highest BCUT2D eigenvalue weighted by Crippen LogP contribution is 2.36. The molecular weight excluding hydrogens is 253 g/mol. The van der Waals surface area contributed by atoms with Crippen molar-refractivity contribution in [1.29, 1.82) is 0 Å². The quantitative estimate of drug-likeness (QED) is 0.849. The first-order valence-corrected chi connectivity index (χ1v) is 4.91. The van der Waals surface area contributed by atoms with Gasteiger partial charge in [0.25, 0.3) is 0 Å². The lowest BCUT2D eigenvalue weighted by molar-refractivity contribution is -0.141. The third-order valence-electron chi connectivity index (χ3n) is 2.37. The van der Waals surface area contributed by atoms with Gasteiger partial charge in [-0.25, -0.2) is 9.78 Å². The number of aromatic nitrogens is 1. The van der Waals surface area contributed by atoms with Gasteiger partial charge < -0.3 is 5.11 Å². The van der Waals surface area contributed by atoms with Crippen LogP contribution < -0.4 is 0 Å². The highest BCUT2D eigenvalue weighted by Gasteiger charge is 2.40. The Bertz CT molecular complexity index is 512. The molecule has 0 amide bonds. The van der Waals surface area contributed by atoms with Crippen LogP contribution in [0.25, 0.3) is 0 Å². The SMILES string of the molecule is CCc1c(N=O)c(C)nc(C(F)(F)F)c1C(=O)O. The van der Waals surface area contributed by atoms with Gasteiger partial charge >= 0.3 is 12.1 Å². The molecule has 0 aliphatic rings. The van der Waals surface area contributed by atoms with Crippen molar-refractivity contribution in [2.45, 2.75) is 26.4 Å². The summed E-state index contributed by atoms with van der Waals surface area (Å²) in [6, 6.07) is 0. The number of hydrogen-bond acceptors (Lipinski definition) is 4. The fourth-order valence-electron chi connectivity index (χ4n) is 1.66. The lowest BCUT2D eigenvalue weighted by Crippen LogP contribution is -2.18. The van der Waals surface area contributed by atoms with Gasteiger partial charge in [0.15, 0.2) is 5.69 Å². The zero-order chi connectivity index (χ0) is 14.1. The Kier molecular flexibility index (Phi) is 3.68. The lowest BCUT2D eigenvalue weighted by atomic mass is 10.00. The standard InChI is InChI=1S/C10H9F3N2O3/c1-3-5-6(9(16)17)8(10(11,12)13)14-4(2)7(5)15-18/h3H2,1-2H3,(H,16,17). The predicted octanol–water partition coefficient (Wildman–Crippen LogP) is 3.07. The van der Waals surface area contributed by atoms with Crippen LogP contribution in [0.4, 0.5) is 18.9 Å². The summed E-state index contributed by atoms with van der Waals surface area (Å²) >= 11 is 0. The van der Waals surface area contributed by atoms with E-state index in [4.69, 9.17) is 5.11 Å². The van der Waals surface area contributed by atoms with Gasteiger partial charge in [0.1, 0.15) is 5.69 Å². The normalized spacial score (nSPS) is 11.4. The maximum absolute atomic E-state index is 12.7. The Morgan fingerprint density at radius 3 is 2.33 bits per heavy atom. The predicted molar refractivity (Wildman–Crippen MR) is 55.8 cm³/mol.